The van der Waals surface area contributed by atoms with Crippen molar-refractivity contribution in [3.05, 3.63) is 248 Å². The summed E-state index contributed by atoms with van der Waals surface area (Å²) in [5.74, 6) is 0. The van der Waals surface area contributed by atoms with Crippen molar-refractivity contribution >= 4 is 27.8 Å². The molecule has 0 saturated carbocycles. The minimum Gasteiger partial charge on any atom is -0.310 e. The largest absolute Gasteiger partial charge is 0.310 e. The number of anilines is 3. The Kier molecular flexibility index (Phi) is 9.24. The third-order valence-electron chi connectivity index (χ3n) is 12.9. The van der Waals surface area contributed by atoms with E-state index in [0.29, 0.717) is 0 Å². The minimum absolute atomic E-state index is 0.0616. The summed E-state index contributed by atoms with van der Waals surface area (Å²) in [7, 11) is 0. The zero-order chi connectivity index (χ0) is 41.6. The third kappa shape index (κ3) is 6.42. The van der Waals surface area contributed by atoms with Crippen LogP contribution >= 0.6 is 0 Å². The maximum absolute atomic E-state index is 2.45. The van der Waals surface area contributed by atoms with Gasteiger partial charge in [-0.15, -0.1) is 0 Å². The number of hydrogen-bond acceptors (Lipinski definition) is 1. The molecule has 1 aliphatic rings. The standard InChI is InChI=1S/C61H45N/c1-61(2)56-28-14-13-25-55(56)59-52(26-15-29-57(59)61)46-35-39-50(40-36-46)62(49-37-33-43(34-38-49)48-32-31-42-17-9-10-22-47(42)41-48)58-30-16-27-53(45-20-7-4-8-21-45)60(58)54-24-12-11-23-51(54)44-18-5-3-6-19-44/h3-41H,1-2H3. The van der Waals surface area contributed by atoms with Gasteiger partial charge in [0.05, 0.1) is 5.69 Å². The van der Waals surface area contributed by atoms with Crippen LogP contribution in [0.25, 0.3) is 77.5 Å². The molecule has 0 N–H and O–H groups in total. The molecule has 0 heterocycles. The number of rotatable bonds is 8. The molecule has 0 aromatic heterocycles. The van der Waals surface area contributed by atoms with Crippen molar-refractivity contribution in [3.8, 4) is 66.8 Å². The van der Waals surface area contributed by atoms with Gasteiger partial charge in [0.2, 0.25) is 0 Å². The lowest BCUT2D eigenvalue weighted by molar-refractivity contribution is 0.660. The Hall–Kier alpha value is -7.74. The monoisotopic (exact) mass is 791 g/mol. The van der Waals surface area contributed by atoms with E-state index in [1.54, 1.807) is 0 Å². The van der Waals surface area contributed by atoms with Crippen molar-refractivity contribution in [2.45, 2.75) is 19.3 Å². The van der Waals surface area contributed by atoms with Crippen LogP contribution in [0.5, 0.6) is 0 Å². The minimum atomic E-state index is -0.0616. The molecule has 10 aromatic rings. The van der Waals surface area contributed by atoms with Crippen LogP contribution in [0.15, 0.2) is 237 Å². The molecule has 1 heteroatoms. The fourth-order valence-corrected chi connectivity index (χ4v) is 9.82. The second-order valence-electron chi connectivity index (χ2n) is 16.9. The first kappa shape index (κ1) is 37.3. The average Bonchev–Trinajstić information content (AvgIpc) is 3.58. The summed E-state index contributed by atoms with van der Waals surface area (Å²) in [6, 6.07) is 86.6. The van der Waals surface area contributed by atoms with Crippen LogP contribution in [-0.2, 0) is 5.41 Å². The molecule has 0 atom stereocenters. The van der Waals surface area contributed by atoms with Crippen molar-refractivity contribution in [3.63, 3.8) is 0 Å². The van der Waals surface area contributed by atoms with E-state index in [1.165, 1.54) is 88.7 Å². The van der Waals surface area contributed by atoms with Crippen molar-refractivity contribution in [1.82, 2.24) is 0 Å². The Morgan fingerprint density at radius 1 is 0.290 bits per heavy atom. The molecule has 0 unspecified atom stereocenters. The molecule has 0 amide bonds. The Bertz CT molecular complexity index is 3230. The first-order valence-electron chi connectivity index (χ1n) is 21.6. The molecule has 62 heavy (non-hydrogen) atoms. The topological polar surface area (TPSA) is 3.24 Å². The molecule has 11 rings (SSSR count). The Morgan fingerprint density at radius 2 is 0.758 bits per heavy atom. The van der Waals surface area contributed by atoms with E-state index in [2.05, 4.69) is 255 Å². The van der Waals surface area contributed by atoms with E-state index in [-0.39, 0.29) is 5.41 Å². The van der Waals surface area contributed by atoms with E-state index in [0.717, 1.165) is 17.1 Å². The molecule has 0 saturated heterocycles. The van der Waals surface area contributed by atoms with Crippen molar-refractivity contribution in [2.75, 3.05) is 4.90 Å². The predicted molar refractivity (Wildman–Crippen MR) is 263 cm³/mol. The number of nitrogens with zero attached hydrogens (tertiary/aromatic N) is 1. The summed E-state index contributed by atoms with van der Waals surface area (Å²) in [6.07, 6.45) is 0. The second-order valence-corrected chi connectivity index (χ2v) is 16.9. The summed E-state index contributed by atoms with van der Waals surface area (Å²) in [5.41, 5.74) is 20.6. The van der Waals surface area contributed by atoms with E-state index < -0.39 is 0 Å². The summed E-state index contributed by atoms with van der Waals surface area (Å²) in [5, 5.41) is 2.49. The maximum Gasteiger partial charge on any atom is 0.0546 e. The van der Waals surface area contributed by atoms with E-state index >= 15 is 0 Å². The van der Waals surface area contributed by atoms with Gasteiger partial charge in [-0.1, -0.05) is 214 Å². The van der Waals surface area contributed by atoms with Gasteiger partial charge in [0.15, 0.2) is 0 Å². The van der Waals surface area contributed by atoms with Crippen LogP contribution in [0.2, 0.25) is 0 Å². The van der Waals surface area contributed by atoms with Gasteiger partial charge in [-0.2, -0.15) is 0 Å². The van der Waals surface area contributed by atoms with Gasteiger partial charge >= 0.3 is 0 Å². The summed E-state index contributed by atoms with van der Waals surface area (Å²) >= 11 is 0. The lowest BCUT2D eigenvalue weighted by Gasteiger charge is -2.30. The predicted octanol–water partition coefficient (Wildman–Crippen LogP) is 17.0. The van der Waals surface area contributed by atoms with E-state index in [1.807, 2.05) is 0 Å². The lowest BCUT2D eigenvalue weighted by atomic mass is 9.82. The summed E-state index contributed by atoms with van der Waals surface area (Å²) in [4.78, 5) is 2.45. The average molecular weight is 792 g/mol. The van der Waals surface area contributed by atoms with E-state index in [9.17, 15) is 0 Å². The van der Waals surface area contributed by atoms with Crippen LogP contribution in [0.3, 0.4) is 0 Å². The summed E-state index contributed by atoms with van der Waals surface area (Å²) < 4.78 is 0. The van der Waals surface area contributed by atoms with Crippen LogP contribution in [0.1, 0.15) is 25.0 Å². The third-order valence-corrected chi connectivity index (χ3v) is 12.9. The SMILES string of the molecule is CC1(C)c2ccccc2-c2c(-c3ccc(N(c4ccc(-c5ccc6ccccc6c5)cc4)c4cccc(-c5ccccc5)c4-c4ccccc4-c4ccccc4)cc3)cccc21. The smallest absolute Gasteiger partial charge is 0.0546 e. The van der Waals surface area contributed by atoms with Crippen LogP contribution in [0, 0.1) is 0 Å². The Labute approximate surface area is 364 Å². The first-order chi connectivity index (χ1) is 30.5. The molecule has 0 bridgehead atoms. The Balaban J connectivity index is 1.11. The summed E-state index contributed by atoms with van der Waals surface area (Å²) in [6.45, 7) is 4.70. The van der Waals surface area contributed by atoms with Crippen LogP contribution in [0.4, 0.5) is 17.1 Å². The molecule has 0 spiro atoms. The van der Waals surface area contributed by atoms with Gasteiger partial charge in [0.1, 0.15) is 0 Å². The van der Waals surface area contributed by atoms with Gasteiger partial charge in [-0.3, -0.25) is 0 Å². The number of fused-ring (bicyclic) bond motifs is 4. The molecule has 0 aliphatic heterocycles. The second kappa shape index (κ2) is 15.4. The van der Waals surface area contributed by atoms with Gasteiger partial charge < -0.3 is 4.90 Å². The fourth-order valence-electron chi connectivity index (χ4n) is 9.82. The fraction of sp³-hybridized carbons (Fsp3) is 0.0492. The first-order valence-corrected chi connectivity index (χ1v) is 21.6. The highest BCUT2D eigenvalue weighted by molar-refractivity contribution is 6.01. The normalized spacial score (nSPS) is 12.5. The molecular formula is C61H45N. The molecule has 1 aliphatic carbocycles. The molecule has 294 valence electrons. The van der Waals surface area contributed by atoms with Crippen molar-refractivity contribution in [2.24, 2.45) is 0 Å². The molecule has 0 radical (unpaired) electrons. The zero-order valence-electron chi connectivity index (χ0n) is 35.0. The van der Waals surface area contributed by atoms with Crippen molar-refractivity contribution < 1.29 is 0 Å². The van der Waals surface area contributed by atoms with Crippen LogP contribution < -0.4 is 4.90 Å². The van der Waals surface area contributed by atoms with Gasteiger partial charge in [-0.05, 0) is 119 Å². The quantitative estimate of drug-likeness (QED) is 0.148. The van der Waals surface area contributed by atoms with Gasteiger partial charge in [0, 0.05) is 22.4 Å². The van der Waals surface area contributed by atoms with Crippen LogP contribution in [-0.4, -0.2) is 0 Å². The Morgan fingerprint density at radius 3 is 1.45 bits per heavy atom. The van der Waals surface area contributed by atoms with Crippen molar-refractivity contribution in [1.29, 1.82) is 0 Å². The number of benzene rings is 10. The molecule has 10 aromatic carbocycles. The molecular weight excluding hydrogens is 747 g/mol. The van der Waals surface area contributed by atoms with Gasteiger partial charge in [0.25, 0.3) is 0 Å². The zero-order valence-corrected chi connectivity index (χ0v) is 35.0. The molecule has 1 nitrogen and oxygen atoms in total. The highest BCUT2D eigenvalue weighted by Gasteiger charge is 2.36. The molecule has 0 fully saturated rings. The lowest BCUT2D eigenvalue weighted by Crippen LogP contribution is -2.14. The maximum atomic E-state index is 2.45. The highest BCUT2D eigenvalue weighted by atomic mass is 15.1. The number of hydrogen-bond donors (Lipinski definition) is 0. The van der Waals surface area contributed by atoms with E-state index in [4.69, 9.17) is 0 Å². The highest BCUT2D eigenvalue weighted by Crippen LogP contribution is 2.53. The van der Waals surface area contributed by atoms with Gasteiger partial charge in [-0.25, -0.2) is 0 Å².